The lowest BCUT2D eigenvalue weighted by atomic mass is 9.82. The number of thioether (sulfide) groups is 1. The number of hydrogen-bond acceptors (Lipinski definition) is 3. The summed E-state index contributed by atoms with van der Waals surface area (Å²) in [5, 5.41) is 15.4. The van der Waals surface area contributed by atoms with Crippen LogP contribution in [0.15, 0.2) is 0 Å². The zero-order valence-corrected chi connectivity index (χ0v) is 13.3. The van der Waals surface area contributed by atoms with Crippen LogP contribution in [-0.2, 0) is 4.79 Å². The van der Waals surface area contributed by atoms with E-state index in [1.807, 2.05) is 11.8 Å². The number of aliphatic carboxylic acids is 1. The fraction of sp³-hybridized carbons (Fsp3) is 0.867. The monoisotopic (exact) mass is 314 g/mol. The molecular weight excluding hydrogens is 288 g/mol. The van der Waals surface area contributed by atoms with Crippen LogP contribution in [0.3, 0.4) is 0 Å². The number of urea groups is 1. The van der Waals surface area contributed by atoms with Crippen molar-refractivity contribution in [3.05, 3.63) is 0 Å². The van der Waals surface area contributed by atoms with Gasteiger partial charge in [-0.2, -0.15) is 11.8 Å². The highest BCUT2D eigenvalue weighted by atomic mass is 32.2. The standard InChI is InChI=1S/C15H26N2O3S/c18-14(19)12-6-4-11(5-7-12)9-16-15(20)17-10-13-3-1-2-8-21-13/h11-13H,1-10H2,(H,18,19)(H2,16,17,20). The van der Waals surface area contributed by atoms with Gasteiger partial charge in [-0.3, -0.25) is 4.79 Å². The van der Waals surface area contributed by atoms with E-state index in [0.29, 0.717) is 17.7 Å². The van der Waals surface area contributed by atoms with Crippen molar-refractivity contribution in [2.24, 2.45) is 11.8 Å². The Kier molecular flexibility index (Phi) is 6.67. The SMILES string of the molecule is O=C(NCC1CCC(C(=O)O)CC1)NCC1CCCCS1. The molecule has 1 saturated carbocycles. The molecule has 1 heterocycles. The Hall–Kier alpha value is -0.910. The van der Waals surface area contributed by atoms with Gasteiger partial charge >= 0.3 is 12.0 Å². The molecule has 1 aliphatic heterocycles. The summed E-state index contributed by atoms with van der Waals surface area (Å²) in [6.07, 6.45) is 7.04. The predicted molar refractivity (Wildman–Crippen MR) is 84.6 cm³/mol. The van der Waals surface area contributed by atoms with E-state index in [9.17, 15) is 9.59 Å². The van der Waals surface area contributed by atoms with Gasteiger partial charge in [-0.05, 0) is 50.2 Å². The molecule has 2 fully saturated rings. The van der Waals surface area contributed by atoms with Gasteiger partial charge in [-0.1, -0.05) is 6.42 Å². The lowest BCUT2D eigenvalue weighted by Gasteiger charge is -2.26. The first-order valence-corrected chi connectivity index (χ1v) is 9.06. The van der Waals surface area contributed by atoms with Crippen molar-refractivity contribution in [1.82, 2.24) is 10.6 Å². The number of hydrogen-bond donors (Lipinski definition) is 3. The molecule has 0 aromatic rings. The van der Waals surface area contributed by atoms with Crippen molar-refractivity contribution in [2.75, 3.05) is 18.8 Å². The maximum atomic E-state index is 11.8. The van der Waals surface area contributed by atoms with E-state index in [1.165, 1.54) is 25.0 Å². The number of carboxylic acid groups (broad SMARTS) is 1. The lowest BCUT2D eigenvalue weighted by Crippen LogP contribution is -2.42. The molecule has 0 radical (unpaired) electrons. The van der Waals surface area contributed by atoms with Gasteiger partial charge in [0.2, 0.25) is 0 Å². The first-order chi connectivity index (χ1) is 10.1. The molecular formula is C15H26N2O3S. The van der Waals surface area contributed by atoms with Gasteiger partial charge in [-0.25, -0.2) is 4.79 Å². The number of amides is 2. The molecule has 1 saturated heterocycles. The van der Waals surface area contributed by atoms with Gasteiger partial charge in [0.05, 0.1) is 5.92 Å². The van der Waals surface area contributed by atoms with E-state index in [2.05, 4.69) is 10.6 Å². The van der Waals surface area contributed by atoms with Crippen LogP contribution in [0.4, 0.5) is 4.79 Å². The highest BCUT2D eigenvalue weighted by Crippen LogP contribution is 2.28. The molecule has 0 aromatic carbocycles. The predicted octanol–water partition coefficient (Wildman–Crippen LogP) is 2.46. The van der Waals surface area contributed by atoms with E-state index >= 15 is 0 Å². The summed E-state index contributed by atoms with van der Waals surface area (Å²) in [6.45, 7) is 1.41. The Morgan fingerprint density at radius 1 is 1.00 bits per heavy atom. The molecule has 0 bridgehead atoms. The first-order valence-electron chi connectivity index (χ1n) is 8.01. The van der Waals surface area contributed by atoms with Gasteiger partial charge in [0, 0.05) is 18.3 Å². The van der Waals surface area contributed by atoms with E-state index < -0.39 is 5.97 Å². The molecule has 3 N–H and O–H groups in total. The molecule has 1 unspecified atom stereocenters. The molecule has 5 nitrogen and oxygen atoms in total. The first kappa shape index (κ1) is 16.5. The number of carbonyl (C=O) groups is 2. The Morgan fingerprint density at radius 3 is 2.33 bits per heavy atom. The molecule has 0 spiro atoms. The highest BCUT2D eigenvalue weighted by molar-refractivity contribution is 7.99. The Morgan fingerprint density at radius 2 is 1.71 bits per heavy atom. The fourth-order valence-corrected chi connectivity index (χ4v) is 4.33. The quantitative estimate of drug-likeness (QED) is 0.728. The fourth-order valence-electron chi connectivity index (χ4n) is 3.09. The zero-order chi connectivity index (χ0) is 15.1. The summed E-state index contributed by atoms with van der Waals surface area (Å²) in [5.41, 5.74) is 0. The third-order valence-electron chi connectivity index (χ3n) is 4.51. The summed E-state index contributed by atoms with van der Waals surface area (Å²) < 4.78 is 0. The van der Waals surface area contributed by atoms with Crippen molar-refractivity contribution in [3.8, 4) is 0 Å². The molecule has 2 rings (SSSR count). The maximum Gasteiger partial charge on any atom is 0.314 e. The van der Waals surface area contributed by atoms with Crippen LogP contribution >= 0.6 is 11.8 Å². The van der Waals surface area contributed by atoms with Gasteiger partial charge in [0.25, 0.3) is 0 Å². The van der Waals surface area contributed by atoms with Crippen LogP contribution in [0.25, 0.3) is 0 Å². The summed E-state index contributed by atoms with van der Waals surface area (Å²) in [4.78, 5) is 22.7. The number of carbonyl (C=O) groups excluding carboxylic acids is 1. The van der Waals surface area contributed by atoms with Crippen LogP contribution in [0.5, 0.6) is 0 Å². The van der Waals surface area contributed by atoms with Crippen LogP contribution in [0.2, 0.25) is 0 Å². The van der Waals surface area contributed by atoms with Crippen molar-refractivity contribution in [2.45, 2.75) is 50.2 Å². The molecule has 120 valence electrons. The molecule has 1 aliphatic carbocycles. The minimum atomic E-state index is -0.677. The molecule has 0 aromatic heterocycles. The van der Waals surface area contributed by atoms with Crippen molar-refractivity contribution >= 4 is 23.8 Å². The van der Waals surface area contributed by atoms with Gasteiger partial charge in [0.15, 0.2) is 0 Å². The summed E-state index contributed by atoms with van der Waals surface area (Å²) in [5.74, 6) is 0.777. The molecule has 2 aliphatic rings. The van der Waals surface area contributed by atoms with Crippen molar-refractivity contribution in [1.29, 1.82) is 0 Å². The van der Waals surface area contributed by atoms with E-state index in [0.717, 1.165) is 32.2 Å². The van der Waals surface area contributed by atoms with Crippen LogP contribution in [-0.4, -0.2) is 41.2 Å². The summed E-state index contributed by atoms with van der Waals surface area (Å²) in [6, 6.07) is -0.0819. The number of nitrogens with one attached hydrogen (secondary N) is 2. The third-order valence-corrected chi connectivity index (χ3v) is 5.91. The second-order valence-corrected chi connectivity index (χ2v) is 7.54. The van der Waals surface area contributed by atoms with Crippen LogP contribution in [0, 0.1) is 11.8 Å². The van der Waals surface area contributed by atoms with Crippen molar-refractivity contribution in [3.63, 3.8) is 0 Å². The topological polar surface area (TPSA) is 78.4 Å². The molecule has 6 heteroatoms. The summed E-state index contributed by atoms with van der Waals surface area (Å²) in [7, 11) is 0. The largest absolute Gasteiger partial charge is 0.481 e. The lowest BCUT2D eigenvalue weighted by molar-refractivity contribution is -0.143. The van der Waals surface area contributed by atoms with Gasteiger partial charge in [-0.15, -0.1) is 0 Å². The zero-order valence-electron chi connectivity index (χ0n) is 12.5. The average Bonchev–Trinajstić information content (AvgIpc) is 2.52. The maximum absolute atomic E-state index is 11.8. The minimum Gasteiger partial charge on any atom is -0.481 e. The van der Waals surface area contributed by atoms with Crippen molar-refractivity contribution < 1.29 is 14.7 Å². The van der Waals surface area contributed by atoms with Gasteiger partial charge < -0.3 is 15.7 Å². The second kappa shape index (κ2) is 8.51. The van der Waals surface area contributed by atoms with E-state index in [4.69, 9.17) is 5.11 Å². The van der Waals surface area contributed by atoms with Gasteiger partial charge in [0.1, 0.15) is 0 Å². The highest BCUT2D eigenvalue weighted by Gasteiger charge is 2.26. The summed E-state index contributed by atoms with van der Waals surface area (Å²) >= 11 is 1.96. The molecule has 1 atom stereocenters. The smallest absolute Gasteiger partial charge is 0.314 e. The molecule has 2 amide bonds. The number of carboxylic acids is 1. The number of rotatable bonds is 5. The average molecular weight is 314 g/mol. The normalized spacial score (nSPS) is 29.6. The minimum absolute atomic E-state index is 0.0819. The molecule has 21 heavy (non-hydrogen) atoms. The Labute approximate surface area is 130 Å². The second-order valence-electron chi connectivity index (χ2n) is 6.14. The van der Waals surface area contributed by atoms with Crippen LogP contribution in [0.1, 0.15) is 44.9 Å². The Bertz CT molecular complexity index is 351. The third kappa shape index (κ3) is 5.77. The van der Waals surface area contributed by atoms with E-state index in [1.54, 1.807) is 0 Å². The van der Waals surface area contributed by atoms with Crippen LogP contribution < -0.4 is 10.6 Å². The van der Waals surface area contributed by atoms with E-state index in [-0.39, 0.29) is 11.9 Å². The Balaban J connectivity index is 1.55.